The topological polar surface area (TPSA) is 66.8 Å². The van der Waals surface area contributed by atoms with Crippen molar-refractivity contribution in [3.63, 3.8) is 0 Å². The van der Waals surface area contributed by atoms with Gasteiger partial charge in [-0.25, -0.2) is 9.97 Å². The molecule has 0 spiro atoms. The van der Waals surface area contributed by atoms with Crippen LogP contribution in [0.1, 0.15) is 26.5 Å². The Bertz CT molecular complexity index is 644. The molecular weight excluding hydrogens is 312 g/mol. The summed E-state index contributed by atoms with van der Waals surface area (Å²) < 4.78 is 0. The fraction of sp³-hybridized carbons (Fsp3) is 0.500. The van der Waals surface area contributed by atoms with Crippen LogP contribution in [0.15, 0.2) is 24.5 Å². The Morgan fingerprint density at radius 3 is 2.43 bits per heavy atom. The fourth-order valence-corrected chi connectivity index (χ4v) is 2.52. The van der Waals surface area contributed by atoms with Crippen LogP contribution < -0.4 is 10.2 Å². The van der Waals surface area contributed by atoms with Crippen LogP contribution in [0, 0.1) is 5.92 Å². The SMILES string of the molecule is CC(C)(C)c1ccc(N2CC(CNc3ncc(Cl)cn3)C2)nn1. The molecule has 2 aromatic rings. The second kappa shape index (κ2) is 6.28. The molecular formula is C16H21ClN6. The van der Waals surface area contributed by atoms with Crippen LogP contribution >= 0.6 is 11.6 Å². The zero-order valence-corrected chi connectivity index (χ0v) is 14.4. The number of halogens is 1. The molecule has 1 fully saturated rings. The highest BCUT2D eigenvalue weighted by atomic mass is 35.5. The van der Waals surface area contributed by atoms with Gasteiger partial charge in [0.2, 0.25) is 5.95 Å². The van der Waals surface area contributed by atoms with E-state index in [0.29, 0.717) is 16.9 Å². The standard InChI is InChI=1S/C16H21ClN6/c1-16(2,3)13-4-5-14(22-21-13)23-9-11(10-23)6-18-15-19-7-12(17)8-20-15/h4-5,7-8,11H,6,9-10H2,1-3H3,(H,18,19,20). The Morgan fingerprint density at radius 2 is 1.87 bits per heavy atom. The smallest absolute Gasteiger partial charge is 0.222 e. The zero-order valence-electron chi connectivity index (χ0n) is 13.6. The summed E-state index contributed by atoms with van der Waals surface area (Å²) in [5, 5.41) is 12.5. The maximum atomic E-state index is 5.77. The van der Waals surface area contributed by atoms with E-state index in [9.17, 15) is 0 Å². The van der Waals surface area contributed by atoms with Crippen molar-refractivity contribution >= 4 is 23.4 Å². The summed E-state index contributed by atoms with van der Waals surface area (Å²) in [5.41, 5.74) is 1.05. The van der Waals surface area contributed by atoms with E-state index in [4.69, 9.17) is 11.6 Å². The van der Waals surface area contributed by atoms with E-state index in [1.54, 1.807) is 12.4 Å². The Labute approximate surface area is 141 Å². The van der Waals surface area contributed by atoms with Gasteiger partial charge in [0.1, 0.15) is 0 Å². The zero-order chi connectivity index (χ0) is 16.4. The first-order chi connectivity index (χ1) is 10.9. The van der Waals surface area contributed by atoms with Crippen molar-refractivity contribution in [2.24, 2.45) is 5.92 Å². The van der Waals surface area contributed by atoms with Gasteiger partial charge in [0.25, 0.3) is 0 Å². The molecule has 0 atom stereocenters. The van der Waals surface area contributed by atoms with Gasteiger partial charge < -0.3 is 10.2 Å². The predicted octanol–water partition coefficient (Wildman–Crippen LogP) is 2.77. The van der Waals surface area contributed by atoms with Crippen molar-refractivity contribution in [2.45, 2.75) is 26.2 Å². The van der Waals surface area contributed by atoms with Gasteiger partial charge in [0.05, 0.1) is 23.1 Å². The number of hydrogen-bond donors (Lipinski definition) is 1. The van der Waals surface area contributed by atoms with Gasteiger partial charge in [0, 0.05) is 31.0 Å². The number of hydrogen-bond acceptors (Lipinski definition) is 6. The van der Waals surface area contributed by atoms with Crippen molar-refractivity contribution in [1.82, 2.24) is 20.2 Å². The largest absolute Gasteiger partial charge is 0.354 e. The normalized spacial score (nSPS) is 15.4. The molecule has 0 bridgehead atoms. The van der Waals surface area contributed by atoms with Crippen LogP contribution in [0.2, 0.25) is 5.02 Å². The molecule has 2 aromatic heterocycles. The second-order valence-corrected chi connectivity index (χ2v) is 7.34. The third-order valence-corrected chi connectivity index (χ3v) is 4.06. The third kappa shape index (κ3) is 3.88. The lowest BCUT2D eigenvalue weighted by Crippen LogP contribution is -2.50. The molecule has 1 aliphatic rings. The van der Waals surface area contributed by atoms with Gasteiger partial charge in [-0.3, -0.25) is 0 Å². The summed E-state index contributed by atoms with van der Waals surface area (Å²) >= 11 is 5.77. The first kappa shape index (κ1) is 15.9. The van der Waals surface area contributed by atoms with E-state index in [2.05, 4.69) is 63.3 Å². The minimum absolute atomic E-state index is 0.0332. The van der Waals surface area contributed by atoms with Gasteiger partial charge in [-0.2, -0.15) is 5.10 Å². The molecule has 0 radical (unpaired) electrons. The molecule has 1 N–H and O–H groups in total. The fourth-order valence-electron chi connectivity index (χ4n) is 2.42. The quantitative estimate of drug-likeness (QED) is 0.928. The predicted molar refractivity (Wildman–Crippen MR) is 92.0 cm³/mol. The summed E-state index contributed by atoms with van der Waals surface area (Å²) in [7, 11) is 0. The lowest BCUT2D eigenvalue weighted by atomic mass is 9.92. The molecule has 0 unspecified atom stereocenters. The van der Waals surface area contributed by atoms with Crippen LogP contribution in [0.25, 0.3) is 0 Å². The lowest BCUT2D eigenvalue weighted by Gasteiger charge is -2.40. The van der Waals surface area contributed by atoms with E-state index in [1.165, 1.54) is 0 Å². The number of rotatable bonds is 4. The highest BCUT2D eigenvalue weighted by molar-refractivity contribution is 6.30. The summed E-state index contributed by atoms with van der Waals surface area (Å²) in [4.78, 5) is 10.5. The Morgan fingerprint density at radius 1 is 1.17 bits per heavy atom. The molecule has 7 heteroatoms. The van der Waals surface area contributed by atoms with Crippen molar-refractivity contribution in [3.05, 3.63) is 35.2 Å². The van der Waals surface area contributed by atoms with Crippen molar-refractivity contribution in [3.8, 4) is 0 Å². The van der Waals surface area contributed by atoms with Crippen molar-refractivity contribution < 1.29 is 0 Å². The molecule has 3 rings (SSSR count). The van der Waals surface area contributed by atoms with E-state index in [0.717, 1.165) is 31.1 Å². The summed E-state index contributed by atoms with van der Waals surface area (Å²) in [6, 6.07) is 4.12. The minimum Gasteiger partial charge on any atom is -0.354 e. The van der Waals surface area contributed by atoms with Crippen LogP contribution in [0.4, 0.5) is 11.8 Å². The van der Waals surface area contributed by atoms with Gasteiger partial charge in [-0.1, -0.05) is 32.4 Å². The highest BCUT2D eigenvalue weighted by Crippen LogP contribution is 2.25. The Kier molecular flexibility index (Phi) is 4.35. The van der Waals surface area contributed by atoms with Gasteiger partial charge >= 0.3 is 0 Å². The second-order valence-electron chi connectivity index (χ2n) is 6.90. The molecule has 1 saturated heterocycles. The Hall–Kier alpha value is -1.95. The van der Waals surface area contributed by atoms with Gasteiger partial charge in [-0.05, 0) is 12.1 Å². The number of nitrogens with one attached hydrogen (secondary N) is 1. The summed E-state index contributed by atoms with van der Waals surface area (Å²) in [6.07, 6.45) is 3.19. The molecule has 1 aliphatic heterocycles. The molecule has 122 valence electrons. The van der Waals surface area contributed by atoms with Crippen LogP contribution in [-0.2, 0) is 5.41 Å². The first-order valence-corrected chi connectivity index (χ1v) is 8.10. The molecule has 0 saturated carbocycles. The van der Waals surface area contributed by atoms with E-state index < -0.39 is 0 Å². The van der Waals surface area contributed by atoms with E-state index >= 15 is 0 Å². The molecule has 0 aromatic carbocycles. The van der Waals surface area contributed by atoms with Gasteiger partial charge in [0.15, 0.2) is 5.82 Å². The van der Waals surface area contributed by atoms with E-state index in [-0.39, 0.29) is 5.41 Å². The maximum Gasteiger partial charge on any atom is 0.222 e. The molecule has 0 amide bonds. The lowest BCUT2D eigenvalue weighted by molar-refractivity contribution is 0.423. The average molecular weight is 333 g/mol. The highest BCUT2D eigenvalue weighted by Gasteiger charge is 2.28. The molecule has 0 aliphatic carbocycles. The van der Waals surface area contributed by atoms with E-state index in [1.807, 2.05) is 0 Å². The average Bonchev–Trinajstić information content (AvgIpc) is 2.47. The Balaban J connectivity index is 1.48. The number of anilines is 2. The number of aromatic nitrogens is 4. The molecule has 6 nitrogen and oxygen atoms in total. The summed E-state index contributed by atoms with van der Waals surface area (Å²) in [6.45, 7) is 9.18. The van der Waals surface area contributed by atoms with Crippen LogP contribution in [0.3, 0.4) is 0 Å². The summed E-state index contributed by atoms with van der Waals surface area (Å²) in [5.74, 6) is 2.11. The molecule has 23 heavy (non-hydrogen) atoms. The van der Waals surface area contributed by atoms with Crippen molar-refractivity contribution in [1.29, 1.82) is 0 Å². The maximum absolute atomic E-state index is 5.77. The minimum atomic E-state index is 0.0332. The van der Waals surface area contributed by atoms with Crippen LogP contribution in [-0.4, -0.2) is 39.8 Å². The van der Waals surface area contributed by atoms with Crippen molar-refractivity contribution in [2.75, 3.05) is 29.9 Å². The third-order valence-electron chi connectivity index (χ3n) is 3.87. The monoisotopic (exact) mass is 332 g/mol. The molecule has 3 heterocycles. The number of nitrogens with zero attached hydrogens (tertiary/aromatic N) is 5. The first-order valence-electron chi connectivity index (χ1n) is 7.72. The van der Waals surface area contributed by atoms with Gasteiger partial charge in [-0.15, -0.1) is 5.10 Å². The van der Waals surface area contributed by atoms with Crippen LogP contribution in [0.5, 0.6) is 0 Å².